The van der Waals surface area contributed by atoms with E-state index in [4.69, 9.17) is 4.74 Å². The number of rotatable bonds is 6. The molecule has 0 bridgehead atoms. The highest BCUT2D eigenvalue weighted by Gasteiger charge is 2.20. The molecule has 0 aliphatic heterocycles. The second kappa shape index (κ2) is 8.30. The topological polar surface area (TPSA) is 125 Å². The summed E-state index contributed by atoms with van der Waals surface area (Å²) in [6.07, 6.45) is 1.19. The van der Waals surface area contributed by atoms with Crippen molar-refractivity contribution >= 4 is 23.4 Å². The zero-order valence-electron chi connectivity index (χ0n) is 13.8. The summed E-state index contributed by atoms with van der Waals surface area (Å²) in [4.78, 5) is 22.5. The first-order valence-corrected chi connectivity index (χ1v) is 7.58. The number of nitriles is 1. The van der Waals surface area contributed by atoms with Gasteiger partial charge in [-0.2, -0.15) is 5.26 Å². The second-order valence-corrected chi connectivity index (χ2v) is 5.07. The SMILES string of the molecule is CCOc1cc(/C=C(\C#N)C(=O)Nc2ccccc2)cc([N+](=O)[O-])c1O. The van der Waals surface area contributed by atoms with Crippen molar-refractivity contribution in [3.05, 3.63) is 63.7 Å². The minimum atomic E-state index is -0.773. The Balaban J connectivity index is 2.40. The highest BCUT2D eigenvalue weighted by molar-refractivity contribution is 6.09. The van der Waals surface area contributed by atoms with E-state index >= 15 is 0 Å². The molecular weight excluding hydrogens is 338 g/mol. The molecule has 2 rings (SSSR count). The predicted octanol–water partition coefficient (Wildman–Crippen LogP) is 3.24. The first kappa shape index (κ1) is 18.5. The molecule has 0 saturated heterocycles. The standard InChI is InChI=1S/C18H15N3O5/c1-2-26-16-10-12(9-15(17(16)22)21(24)25)8-13(11-19)18(23)20-14-6-4-3-5-7-14/h3-10,22H,2H2,1H3,(H,20,23)/b13-8+. The van der Waals surface area contributed by atoms with Crippen LogP contribution in [-0.2, 0) is 4.79 Å². The lowest BCUT2D eigenvalue weighted by Gasteiger charge is -2.08. The van der Waals surface area contributed by atoms with Crippen molar-refractivity contribution < 1.29 is 19.6 Å². The van der Waals surface area contributed by atoms with Crippen molar-refractivity contribution in [1.82, 2.24) is 0 Å². The van der Waals surface area contributed by atoms with Gasteiger partial charge in [-0.25, -0.2) is 0 Å². The van der Waals surface area contributed by atoms with Gasteiger partial charge in [0.2, 0.25) is 5.75 Å². The number of nitrogens with zero attached hydrogens (tertiary/aromatic N) is 2. The lowest BCUT2D eigenvalue weighted by molar-refractivity contribution is -0.386. The van der Waals surface area contributed by atoms with E-state index in [1.54, 1.807) is 43.3 Å². The number of hydrogen-bond donors (Lipinski definition) is 2. The molecule has 0 saturated carbocycles. The lowest BCUT2D eigenvalue weighted by atomic mass is 10.1. The molecule has 2 N–H and O–H groups in total. The average Bonchev–Trinajstić information content (AvgIpc) is 2.62. The van der Waals surface area contributed by atoms with Gasteiger partial charge < -0.3 is 15.2 Å². The molecule has 0 aliphatic rings. The van der Waals surface area contributed by atoms with Crippen molar-refractivity contribution in [1.29, 1.82) is 5.26 Å². The van der Waals surface area contributed by atoms with Crippen LogP contribution in [0.5, 0.6) is 11.5 Å². The number of amides is 1. The van der Waals surface area contributed by atoms with Gasteiger partial charge in [0.05, 0.1) is 11.5 Å². The van der Waals surface area contributed by atoms with Crippen LogP contribution in [0, 0.1) is 21.4 Å². The molecule has 0 unspecified atom stereocenters. The maximum Gasteiger partial charge on any atom is 0.315 e. The van der Waals surface area contributed by atoms with E-state index < -0.39 is 22.3 Å². The number of phenolic OH excluding ortho intramolecular Hbond substituents is 1. The van der Waals surface area contributed by atoms with Crippen molar-refractivity contribution in [2.75, 3.05) is 11.9 Å². The number of carbonyl (C=O) groups is 1. The molecule has 26 heavy (non-hydrogen) atoms. The van der Waals surface area contributed by atoms with E-state index in [1.807, 2.05) is 0 Å². The molecule has 8 nitrogen and oxygen atoms in total. The van der Waals surface area contributed by atoms with Gasteiger partial charge in [-0.05, 0) is 36.8 Å². The van der Waals surface area contributed by atoms with Gasteiger partial charge in [-0.3, -0.25) is 14.9 Å². The van der Waals surface area contributed by atoms with E-state index in [-0.39, 0.29) is 23.5 Å². The summed E-state index contributed by atoms with van der Waals surface area (Å²) in [7, 11) is 0. The number of carbonyl (C=O) groups excluding carboxylic acids is 1. The highest BCUT2D eigenvalue weighted by atomic mass is 16.6. The zero-order valence-corrected chi connectivity index (χ0v) is 13.8. The number of benzene rings is 2. The van der Waals surface area contributed by atoms with Gasteiger partial charge in [0, 0.05) is 11.8 Å². The van der Waals surface area contributed by atoms with Crippen molar-refractivity contribution in [2.45, 2.75) is 6.92 Å². The van der Waals surface area contributed by atoms with Crippen molar-refractivity contribution in [3.63, 3.8) is 0 Å². The Morgan fingerprint density at radius 3 is 2.65 bits per heavy atom. The number of hydrogen-bond acceptors (Lipinski definition) is 6. The first-order chi connectivity index (χ1) is 12.5. The van der Waals surface area contributed by atoms with Crippen molar-refractivity contribution in [3.8, 4) is 17.6 Å². The van der Waals surface area contributed by atoms with Gasteiger partial charge in [0.15, 0.2) is 5.75 Å². The van der Waals surface area contributed by atoms with Gasteiger partial charge in [-0.15, -0.1) is 0 Å². The molecule has 0 aliphatic carbocycles. The van der Waals surface area contributed by atoms with E-state index in [1.165, 1.54) is 12.1 Å². The number of phenols is 1. The Labute approximate surface area is 149 Å². The third-order valence-electron chi connectivity index (χ3n) is 3.28. The van der Waals surface area contributed by atoms with Crippen LogP contribution in [0.4, 0.5) is 11.4 Å². The maximum absolute atomic E-state index is 12.2. The molecule has 0 spiro atoms. The number of aromatic hydroxyl groups is 1. The molecule has 0 fully saturated rings. The average molecular weight is 353 g/mol. The first-order valence-electron chi connectivity index (χ1n) is 7.58. The molecule has 0 heterocycles. The van der Waals surface area contributed by atoms with E-state index in [0.29, 0.717) is 5.69 Å². The normalized spacial score (nSPS) is 10.7. The van der Waals surface area contributed by atoms with Gasteiger partial charge in [-0.1, -0.05) is 18.2 Å². The molecule has 132 valence electrons. The minimum Gasteiger partial charge on any atom is -0.500 e. The van der Waals surface area contributed by atoms with E-state index in [0.717, 1.165) is 6.07 Å². The Morgan fingerprint density at radius 2 is 2.08 bits per heavy atom. The molecule has 8 heteroatoms. The van der Waals surface area contributed by atoms with Gasteiger partial charge in [0.1, 0.15) is 11.6 Å². The fraction of sp³-hybridized carbons (Fsp3) is 0.111. The highest BCUT2D eigenvalue weighted by Crippen LogP contribution is 2.37. The summed E-state index contributed by atoms with van der Waals surface area (Å²) in [6.45, 7) is 1.83. The summed E-state index contributed by atoms with van der Waals surface area (Å²) < 4.78 is 5.17. The van der Waals surface area contributed by atoms with Crippen molar-refractivity contribution in [2.24, 2.45) is 0 Å². The molecule has 0 atom stereocenters. The van der Waals surface area contributed by atoms with Gasteiger partial charge >= 0.3 is 5.69 Å². The monoisotopic (exact) mass is 353 g/mol. The van der Waals surface area contributed by atoms with Gasteiger partial charge in [0.25, 0.3) is 5.91 Å². The Bertz CT molecular complexity index is 901. The van der Waals surface area contributed by atoms with Crippen LogP contribution < -0.4 is 10.1 Å². The fourth-order valence-electron chi connectivity index (χ4n) is 2.14. The molecule has 2 aromatic rings. The third kappa shape index (κ3) is 4.36. The number of nitrogens with one attached hydrogen (secondary N) is 1. The smallest absolute Gasteiger partial charge is 0.315 e. The largest absolute Gasteiger partial charge is 0.500 e. The summed E-state index contributed by atoms with van der Waals surface area (Å²) in [5.74, 6) is -1.37. The third-order valence-corrected chi connectivity index (χ3v) is 3.28. The summed E-state index contributed by atoms with van der Waals surface area (Å²) in [5, 5.41) is 32.8. The van der Waals surface area contributed by atoms with E-state index in [2.05, 4.69) is 5.32 Å². The Hall–Kier alpha value is -3.86. The number of anilines is 1. The fourth-order valence-corrected chi connectivity index (χ4v) is 2.14. The Kier molecular flexibility index (Phi) is 5.90. The van der Waals surface area contributed by atoms with Crippen LogP contribution >= 0.6 is 0 Å². The number of nitro benzene ring substituents is 1. The van der Waals surface area contributed by atoms with Crippen LogP contribution in [0.3, 0.4) is 0 Å². The second-order valence-electron chi connectivity index (χ2n) is 5.07. The summed E-state index contributed by atoms with van der Waals surface area (Å²) in [6, 6.07) is 12.7. The summed E-state index contributed by atoms with van der Waals surface area (Å²) >= 11 is 0. The number of nitro groups is 1. The molecule has 2 aromatic carbocycles. The van der Waals surface area contributed by atoms with Crippen LogP contribution in [0.25, 0.3) is 6.08 Å². The predicted molar refractivity (Wildman–Crippen MR) is 94.6 cm³/mol. The quantitative estimate of drug-likeness (QED) is 0.355. The number of para-hydroxylation sites is 1. The minimum absolute atomic E-state index is 0.103. The molecule has 0 aromatic heterocycles. The van der Waals surface area contributed by atoms with Crippen LogP contribution in [0.15, 0.2) is 48.0 Å². The maximum atomic E-state index is 12.2. The van der Waals surface area contributed by atoms with Crippen LogP contribution in [-0.4, -0.2) is 22.5 Å². The zero-order chi connectivity index (χ0) is 19.1. The van der Waals surface area contributed by atoms with E-state index in [9.17, 15) is 25.3 Å². The van der Waals surface area contributed by atoms with Crippen LogP contribution in [0.1, 0.15) is 12.5 Å². The molecule has 1 amide bonds. The number of ether oxygens (including phenoxy) is 1. The summed E-state index contributed by atoms with van der Waals surface area (Å²) in [5.41, 5.74) is -0.151. The lowest BCUT2D eigenvalue weighted by Crippen LogP contribution is -2.13. The molecular formula is C18H15N3O5. The molecule has 0 radical (unpaired) electrons. The van der Waals surface area contributed by atoms with Crippen LogP contribution in [0.2, 0.25) is 0 Å². The Morgan fingerprint density at radius 1 is 1.38 bits per heavy atom.